The molecule has 0 aromatic heterocycles. The molecule has 2 rings (SSSR count). The van der Waals surface area contributed by atoms with Crippen LogP contribution < -0.4 is 10.6 Å². The van der Waals surface area contributed by atoms with Gasteiger partial charge in [0.15, 0.2) is 0 Å². The van der Waals surface area contributed by atoms with Gasteiger partial charge in [0, 0.05) is 23.6 Å². The van der Waals surface area contributed by atoms with Gasteiger partial charge in [-0.05, 0) is 55.2 Å². The average Bonchev–Trinajstić information content (AvgIpc) is 2.55. The van der Waals surface area contributed by atoms with E-state index in [1.54, 1.807) is 0 Å². The summed E-state index contributed by atoms with van der Waals surface area (Å²) in [5.74, 6) is 0. The lowest BCUT2D eigenvalue weighted by atomic mass is 10.1. The van der Waals surface area contributed by atoms with Gasteiger partial charge in [0.25, 0.3) is 0 Å². The molecule has 0 atom stereocenters. The summed E-state index contributed by atoms with van der Waals surface area (Å²) in [6.07, 6.45) is 5.08. The van der Waals surface area contributed by atoms with Gasteiger partial charge in [-0.25, -0.2) is 0 Å². The minimum absolute atomic E-state index is 0.850. The lowest BCUT2D eigenvalue weighted by Crippen LogP contribution is -2.00. The van der Waals surface area contributed by atoms with Crippen molar-refractivity contribution in [2.24, 2.45) is 0 Å². The first-order valence-corrected chi connectivity index (χ1v) is 8.51. The zero-order valence-electron chi connectivity index (χ0n) is 14.4. The molecule has 0 spiro atoms. The molecule has 2 aromatic carbocycles. The third kappa shape index (κ3) is 6.19. The summed E-state index contributed by atoms with van der Waals surface area (Å²) >= 11 is 0. The minimum Gasteiger partial charge on any atom is -0.381 e. The topological polar surface area (TPSA) is 24.1 Å². The van der Waals surface area contributed by atoms with Crippen molar-refractivity contribution >= 4 is 11.4 Å². The van der Waals surface area contributed by atoms with Gasteiger partial charge < -0.3 is 10.6 Å². The predicted molar refractivity (Wildman–Crippen MR) is 102 cm³/mol. The van der Waals surface area contributed by atoms with E-state index in [0.717, 1.165) is 23.6 Å². The van der Waals surface area contributed by atoms with Gasteiger partial charge >= 0.3 is 0 Å². The molecule has 0 saturated heterocycles. The van der Waals surface area contributed by atoms with Crippen molar-refractivity contribution in [3.05, 3.63) is 71.9 Å². The Morgan fingerprint density at radius 2 is 1.48 bits per heavy atom. The Bertz CT molecular complexity index is 597. The maximum atomic E-state index is 3.85. The molecule has 0 aliphatic heterocycles. The van der Waals surface area contributed by atoms with E-state index in [9.17, 15) is 0 Å². The molecule has 0 amide bonds. The zero-order valence-corrected chi connectivity index (χ0v) is 14.4. The van der Waals surface area contributed by atoms with Crippen molar-refractivity contribution in [1.82, 2.24) is 0 Å². The smallest absolute Gasteiger partial charge is 0.0400 e. The number of allylic oxidation sites excluding steroid dienone is 1. The Balaban J connectivity index is 1.82. The molecule has 0 unspecified atom stereocenters. The fraction of sp³-hybridized carbons (Fsp3) is 0.333. The standard InChI is InChI=1S/C21H28N2/c1-4-5-6-7-18-8-10-19(11-9-18)16-22-20-12-14-21(15-13-20)23-17(2)3/h8-15,22-23H,2,4-7,16H2,1,3H3. The Morgan fingerprint density at radius 3 is 2.09 bits per heavy atom. The van der Waals surface area contributed by atoms with Crippen LogP contribution in [0.1, 0.15) is 44.2 Å². The first-order valence-electron chi connectivity index (χ1n) is 8.51. The summed E-state index contributed by atoms with van der Waals surface area (Å²) in [5, 5.41) is 6.67. The molecule has 2 aromatic rings. The van der Waals surface area contributed by atoms with Crippen molar-refractivity contribution in [3.63, 3.8) is 0 Å². The minimum atomic E-state index is 0.850. The second-order valence-corrected chi connectivity index (χ2v) is 6.11. The molecule has 0 radical (unpaired) electrons. The van der Waals surface area contributed by atoms with Crippen molar-refractivity contribution in [1.29, 1.82) is 0 Å². The van der Waals surface area contributed by atoms with Gasteiger partial charge in [-0.15, -0.1) is 0 Å². The van der Waals surface area contributed by atoms with Crippen LogP contribution in [-0.2, 0) is 13.0 Å². The Kier molecular flexibility index (Phi) is 6.74. The van der Waals surface area contributed by atoms with Crippen LogP contribution >= 0.6 is 0 Å². The average molecular weight is 308 g/mol. The molecule has 0 aliphatic carbocycles. The van der Waals surface area contributed by atoms with E-state index in [4.69, 9.17) is 0 Å². The number of nitrogens with one attached hydrogen (secondary N) is 2. The molecule has 0 aliphatic rings. The van der Waals surface area contributed by atoms with Crippen molar-refractivity contribution in [3.8, 4) is 0 Å². The number of aryl methyl sites for hydroxylation is 1. The number of hydrogen-bond acceptors (Lipinski definition) is 2. The summed E-state index contributed by atoms with van der Waals surface area (Å²) in [6, 6.07) is 17.3. The highest BCUT2D eigenvalue weighted by Gasteiger charge is 1.97. The highest BCUT2D eigenvalue weighted by Crippen LogP contribution is 2.16. The fourth-order valence-electron chi connectivity index (χ4n) is 2.52. The van der Waals surface area contributed by atoms with E-state index in [2.05, 4.69) is 72.7 Å². The van der Waals surface area contributed by atoms with Crippen molar-refractivity contribution < 1.29 is 0 Å². The summed E-state index contributed by atoms with van der Waals surface area (Å²) in [6.45, 7) is 8.90. The highest BCUT2D eigenvalue weighted by molar-refractivity contribution is 5.55. The maximum Gasteiger partial charge on any atom is 0.0400 e. The monoisotopic (exact) mass is 308 g/mol. The lowest BCUT2D eigenvalue weighted by molar-refractivity contribution is 0.717. The first-order chi connectivity index (χ1) is 11.2. The molecule has 2 nitrogen and oxygen atoms in total. The Hall–Kier alpha value is -2.22. The molecule has 2 heteroatoms. The lowest BCUT2D eigenvalue weighted by Gasteiger charge is -2.09. The van der Waals surface area contributed by atoms with E-state index in [-0.39, 0.29) is 0 Å². The van der Waals surface area contributed by atoms with E-state index in [0.29, 0.717) is 0 Å². The molecular weight excluding hydrogens is 280 g/mol. The third-order valence-corrected chi connectivity index (χ3v) is 3.83. The van der Waals surface area contributed by atoms with Gasteiger partial charge in [0.2, 0.25) is 0 Å². The largest absolute Gasteiger partial charge is 0.381 e. The molecule has 0 saturated carbocycles. The Morgan fingerprint density at radius 1 is 0.870 bits per heavy atom. The molecular formula is C21H28N2. The van der Waals surface area contributed by atoms with Gasteiger partial charge in [0.1, 0.15) is 0 Å². The van der Waals surface area contributed by atoms with Crippen LogP contribution in [0.5, 0.6) is 0 Å². The summed E-state index contributed by atoms with van der Waals surface area (Å²) in [7, 11) is 0. The van der Waals surface area contributed by atoms with Crippen LogP contribution in [0.15, 0.2) is 60.8 Å². The second kappa shape index (κ2) is 9.04. The van der Waals surface area contributed by atoms with E-state index in [1.165, 1.54) is 36.8 Å². The van der Waals surface area contributed by atoms with Crippen LogP contribution in [-0.4, -0.2) is 0 Å². The fourth-order valence-corrected chi connectivity index (χ4v) is 2.52. The first kappa shape index (κ1) is 17.1. The molecule has 23 heavy (non-hydrogen) atoms. The summed E-state index contributed by atoms with van der Waals surface area (Å²) in [4.78, 5) is 0. The van der Waals surface area contributed by atoms with E-state index < -0.39 is 0 Å². The quantitative estimate of drug-likeness (QED) is 0.557. The van der Waals surface area contributed by atoms with Gasteiger partial charge in [-0.1, -0.05) is 50.6 Å². The third-order valence-electron chi connectivity index (χ3n) is 3.83. The van der Waals surface area contributed by atoms with Crippen molar-refractivity contribution in [2.75, 3.05) is 10.6 Å². The summed E-state index contributed by atoms with van der Waals surface area (Å²) in [5.41, 5.74) is 5.90. The molecule has 0 bridgehead atoms. The predicted octanol–water partition coefficient (Wildman–Crippen LogP) is 5.98. The van der Waals surface area contributed by atoms with Crippen LogP contribution in [0.4, 0.5) is 11.4 Å². The molecule has 0 heterocycles. The van der Waals surface area contributed by atoms with Crippen LogP contribution in [0.2, 0.25) is 0 Å². The number of anilines is 2. The van der Waals surface area contributed by atoms with Gasteiger partial charge in [-0.3, -0.25) is 0 Å². The molecule has 122 valence electrons. The molecule has 2 N–H and O–H groups in total. The maximum absolute atomic E-state index is 3.85. The Labute approximate surface area is 140 Å². The number of hydrogen-bond donors (Lipinski definition) is 2. The van der Waals surface area contributed by atoms with Gasteiger partial charge in [-0.2, -0.15) is 0 Å². The number of unbranched alkanes of at least 4 members (excludes halogenated alkanes) is 2. The second-order valence-electron chi connectivity index (χ2n) is 6.11. The number of rotatable bonds is 9. The van der Waals surface area contributed by atoms with Crippen LogP contribution in [0.3, 0.4) is 0 Å². The van der Waals surface area contributed by atoms with Crippen LogP contribution in [0.25, 0.3) is 0 Å². The number of benzene rings is 2. The highest BCUT2D eigenvalue weighted by atomic mass is 14.9. The van der Waals surface area contributed by atoms with E-state index >= 15 is 0 Å². The van der Waals surface area contributed by atoms with Crippen LogP contribution in [0, 0.1) is 0 Å². The summed E-state index contributed by atoms with van der Waals surface area (Å²) < 4.78 is 0. The zero-order chi connectivity index (χ0) is 16.5. The van der Waals surface area contributed by atoms with Gasteiger partial charge in [0.05, 0.1) is 0 Å². The SMILES string of the molecule is C=C(C)Nc1ccc(NCc2ccc(CCCCC)cc2)cc1. The molecule has 0 fully saturated rings. The normalized spacial score (nSPS) is 10.3. The van der Waals surface area contributed by atoms with E-state index in [1.807, 2.05) is 6.92 Å². The van der Waals surface area contributed by atoms with Crippen molar-refractivity contribution in [2.45, 2.75) is 46.1 Å².